The van der Waals surface area contributed by atoms with Gasteiger partial charge < -0.3 is 4.43 Å². The van der Waals surface area contributed by atoms with E-state index in [0.29, 0.717) is 12.5 Å². The van der Waals surface area contributed by atoms with Crippen molar-refractivity contribution >= 4 is 22.6 Å². The molecule has 0 atom stereocenters. The molecule has 0 spiro atoms. The summed E-state index contributed by atoms with van der Waals surface area (Å²) in [6.45, 7) is 9.32. The van der Waals surface area contributed by atoms with Crippen LogP contribution in [0.15, 0.2) is 0 Å². The van der Waals surface area contributed by atoms with Crippen molar-refractivity contribution in [1.82, 2.24) is 0 Å². The highest BCUT2D eigenvalue weighted by atomic mass is 28.4. The SMILES string of the molecule is C[Si](C)([O])CCC(=O)O[Si](C)(C)C. The topological polar surface area (TPSA) is 46.2 Å². The van der Waals surface area contributed by atoms with Gasteiger partial charge >= 0.3 is 0 Å². The fraction of sp³-hybridized carbons (Fsp3) is 0.875. The van der Waals surface area contributed by atoms with Crippen LogP contribution in [0.5, 0.6) is 0 Å². The van der Waals surface area contributed by atoms with E-state index in [9.17, 15) is 9.59 Å². The first-order valence-corrected chi connectivity index (χ1v) is 11.0. The molecule has 77 valence electrons. The van der Waals surface area contributed by atoms with Crippen LogP contribution in [0.3, 0.4) is 0 Å². The van der Waals surface area contributed by atoms with Gasteiger partial charge in [0.15, 0.2) is 0 Å². The van der Waals surface area contributed by atoms with E-state index in [4.69, 9.17) is 4.43 Å². The van der Waals surface area contributed by atoms with Gasteiger partial charge in [0.1, 0.15) is 0 Å². The first-order chi connectivity index (χ1) is 5.60. The van der Waals surface area contributed by atoms with Gasteiger partial charge in [0, 0.05) is 6.42 Å². The third kappa shape index (κ3) is 9.78. The fourth-order valence-corrected chi connectivity index (χ4v) is 2.39. The van der Waals surface area contributed by atoms with E-state index in [1.54, 1.807) is 13.1 Å². The molecule has 0 heterocycles. The molecule has 0 bridgehead atoms. The summed E-state index contributed by atoms with van der Waals surface area (Å²) in [6.07, 6.45) is 0.299. The van der Waals surface area contributed by atoms with Gasteiger partial charge in [0.25, 0.3) is 5.97 Å². The monoisotopic (exact) mass is 219 g/mol. The van der Waals surface area contributed by atoms with E-state index in [1.807, 2.05) is 19.6 Å². The predicted molar refractivity (Wildman–Crippen MR) is 57.0 cm³/mol. The van der Waals surface area contributed by atoms with Crippen molar-refractivity contribution in [2.24, 2.45) is 0 Å². The summed E-state index contributed by atoms with van der Waals surface area (Å²) in [5.74, 6) is -0.199. The van der Waals surface area contributed by atoms with Gasteiger partial charge in [-0.3, -0.25) is 9.59 Å². The maximum absolute atomic E-state index is 11.3. The largest absolute Gasteiger partial charge is 0.520 e. The second-order valence-electron chi connectivity index (χ2n) is 4.85. The zero-order chi connectivity index (χ0) is 10.7. The van der Waals surface area contributed by atoms with Gasteiger partial charge in [-0.05, 0) is 38.8 Å². The average Bonchev–Trinajstić information content (AvgIpc) is 1.78. The Hall–Kier alpha value is -0.136. The lowest BCUT2D eigenvalue weighted by molar-refractivity contribution is -0.134. The molecule has 0 aromatic heterocycles. The van der Waals surface area contributed by atoms with Crippen molar-refractivity contribution < 1.29 is 14.0 Å². The molecule has 0 aromatic rings. The Labute approximate surface area is 82.4 Å². The van der Waals surface area contributed by atoms with Crippen molar-refractivity contribution in [3.63, 3.8) is 0 Å². The maximum Gasteiger partial charge on any atom is 0.292 e. The van der Waals surface area contributed by atoms with E-state index in [0.717, 1.165) is 0 Å². The van der Waals surface area contributed by atoms with Gasteiger partial charge in [-0.25, -0.2) is 0 Å². The van der Waals surface area contributed by atoms with Crippen LogP contribution in [0.1, 0.15) is 6.42 Å². The molecule has 0 aliphatic rings. The van der Waals surface area contributed by atoms with Crippen LogP contribution in [0, 0.1) is 0 Å². The minimum Gasteiger partial charge on any atom is -0.520 e. The quantitative estimate of drug-likeness (QED) is 0.682. The van der Waals surface area contributed by atoms with Gasteiger partial charge in [-0.1, -0.05) is 0 Å². The summed E-state index contributed by atoms with van der Waals surface area (Å²) >= 11 is 0. The van der Waals surface area contributed by atoms with Gasteiger partial charge in [0.2, 0.25) is 16.6 Å². The normalized spacial score (nSPS) is 12.8. The molecule has 3 nitrogen and oxygen atoms in total. The average molecular weight is 219 g/mol. The van der Waals surface area contributed by atoms with E-state index in [-0.39, 0.29) is 5.97 Å². The molecule has 1 radical (unpaired) electrons. The zero-order valence-corrected chi connectivity index (χ0v) is 11.1. The Balaban J connectivity index is 3.78. The van der Waals surface area contributed by atoms with Crippen molar-refractivity contribution in [2.75, 3.05) is 0 Å². The summed E-state index contributed by atoms with van der Waals surface area (Å²) in [5.41, 5.74) is 0. The molecule has 5 heteroatoms. The molecule has 0 saturated heterocycles. The Morgan fingerprint density at radius 1 is 1.15 bits per heavy atom. The predicted octanol–water partition coefficient (Wildman–Crippen LogP) is 2.39. The van der Waals surface area contributed by atoms with E-state index < -0.39 is 16.6 Å². The Kier molecular flexibility index (Phi) is 4.34. The molecule has 0 aliphatic carbocycles. The minimum atomic E-state index is -2.33. The molecular weight excluding hydrogens is 200 g/mol. The third-order valence-electron chi connectivity index (χ3n) is 1.35. The van der Waals surface area contributed by atoms with Crippen molar-refractivity contribution in [3.05, 3.63) is 0 Å². The number of carbonyl (C=O) groups is 1. The van der Waals surface area contributed by atoms with E-state index >= 15 is 0 Å². The summed E-state index contributed by atoms with van der Waals surface area (Å²) in [6, 6.07) is 0.482. The Morgan fingerprint density at radius 2 is 1.62 bits per heavy atom. The summed E-state index contributed by atoms with van der Waals surface area (Å²) in [4.78, 5) is 22.5. The number of carbonyl (C=O) groups excluding carboxylic acids is 1. The van der Waals surface area contributed by atoms with Gasteiger partial charge in [-0.15, -0.1) is 0 Å². The van der Waals surface area contributed by atoms with Crippen molar-refractivity contribution in [2.45, 2.75) is 45.2 Å². The van der Waals surface area contributed by atoms with Crippen LogP contribution < -0.4 is 0 Å². The highest BCUT2D eigenvalue weighted by Crippen LogP contribution is 2.11. The molecule has 0 amide bonds. The van der Waals surface area contributed by atoms with Crippen LogP contribution in [0.4, 0.5) is 0 Å². The molecule has 13 heavy (non-hydrogen) atoms. The molecule has 0 saturated carbocycles. The molecule has 0 fully saturated rings. The number of rotatable bonds is 4. The zero-order valence-electron chi connectivity index (χ0n) is 9.14. The molecule has 0 unspecified atom stereocenters. The number of hydrogen-bond acceptors (Lipinski definition) is 2. The minimum absolute atomic E-state index is 0.199. The lowest BCUT2D eigenvalue weighted by Crippen LogP contribution is -2.31. The van der Waals surface area contributed by atoms with Crippen LogP contribution in [-0.4, -0.2) is 22.6 Å². The van der Waals surface area contributed by atoms with Crippen LogP contribution in [0.25, 0.3) is 0 Å². The first-order valence-electron chi connectivity index (χ1n) is 4.52. The highest BCUT2D eigenvalue weighted by Gasteiger charge is 2.24. The Morgan fingerprint density at radius 3 is 1.92 bits per heavy atom. The third-order valence-corrected chi connectivity index (χ3v) is 3.65. The van der Waals surface area contributed by atoms with Crippen LogP contribution in [-0.2, 0) is 14.0 Å². The summed E-state index contributed by atoms with van der Waals surface area (Å²) in [5, 5.41) is 0. The number of hydrogen-bond donors (Lipinski definition) is 0. The Bertz CT molecular complexity index is 179. The highest BCUT2D eigenvalue weighted by molar-refractivity contribution is 6.71. The van der Waals surface area contributed by atoms with E-state index in [2.05, 4.69) is 0 Å². The lowest BCUT2D eigenvalue weighted by Gasteiger charge is -2.18. The molecule has 0 aromatic carbocycles. The van der Waals surface area contributed by atoms with Crippen LogP contribution >= 0.6 is 0 Å². The second-order valence-corrected chi connectivity index (χ2v) is 13.3. The molecule has 0 rings (SSSR count). The fourth-order valence-electron chi connectivity index (χ4n) is 0.796. The van der Waals surface area contributed by atoms with E-state index in [1.165, 1.54) is 0 Å². The summed E-state index contributed by atoms with van der Waals surface area (Å²) in [7, 11) is -4.08. The molecule has 0 N–H and O–H groups in total. The maximum atomic E-state index is 11.3. The van der Waals surface area contributed by atoms with Gasteiger partial charge in [-0.2, -0.15) is 0 Å². The molecule has 0 aliphatic heterocycles. The molecular formula is C8H19O3Si2. The second kappa shape index (κ2) is 4.39. The smallest absolute Gasteiger partial charge is 0.292 e. The van der Waals surface area contributed by atoms with Crippen LogP contribution in [0.2, 0.25) is 38.8 Å². The standard InChI is InChI=1S/C8H19O3Si2/c1-12(2,3)11-8(9)6-7-13(4,5)10/h6-7H2,1-5H3. The van der Waals surface area contributed by atoms with Crippen molar-refractivity contribution in [1.29, 1.82) is 0 Å². The van der Waals surface area contributed by atoms with Gasteiger partial charge in [0.05, 0.1) is 0 Å². The lowest BCUT2D eigenvalue weighted by atomic mass is 10.5. The van der Waals surface area contributed by atoms with Crippen molar-refractivity contribution in [3.8, 4) is 0 Å². The first kappa shape index (κ1) is 12.9. The summed E-state index contributed by atoms with van der Waals surface area (Å²) < 4.78 is 5.22.